The maximum atomic E-state index is 13.2. The van der Waals surface area contributed by atoms with Crippen LogP contribution in [0, 0.1) is 0 Å². The van der Waals surface area contributed by atoms with Crippen LogP contribution in [0.5, 0.6) is 0 Å². The van der Waals surface area contributed by atoms with Crippen LogP contribution in [0.1, 0.15) is 44.9 Å². The van der Waals surface area contributed by atoms with Gasteiger partial charge in [0.2, 0.25) is 0 Å². The van der Waals surface area contributed by atoms with Crippen molar-refractivity contribution in [2.45, 2.75) is 31.3 Å². The van der Waals surface area contributed by atoms with E-state index in [2.05, 4.69) is 41.7 Å². The third-order valence-corrected chi connectivity index (χ3v) is 7.59. The zero-order chi connectivity index (χ0) is 19.0. The predicted molar refractivity (Wildman–Crippen MR) is 120 cm³/mol. The molecule has 0 unspecified atom stereocenters. The minimum absolute atomic E-state index is 0. The minimum atomic E-state index is -0.162. The molecule has 3 aliphatic heterocycles. The van der Waals surface area contributed by atoms with Crippen LogP contribution in [0.4, 0.5) is 0 Å². The number of fused-ring (bicyclic) bond motifs is 2. The molecular weight excluding hydrogens is 404 g/mol. The number of amides is 1. The Bertz CT molecular complexity index is 903. The van der Waals surface area contributed by atoms with Crippen molar-refractivity contribution in [3.8, 4) is 0 Å². The number of rotatable bonds is 2. The zero-order valence-electron chi connectivity index (χ0n) is 16.5. The number of nitrogens with one attached hydrogen (secondary N) is 1. The van der Waals surface area contributed by atoms with Gasteiger partial charge in [-0.3, -0.25) is 4.79 Å². The predicted octanol–water partition coefficient (Wildman–Crippen LogP) is 4.25. The van der Waals surface area contributed by atoms with Gasteiger partial charge >= 0.3 is 0 Å². The lowest BCUT2D eigenvalue weighted by Crippen LogP contribution is -2.44. The smallest absolute Gasteiger partial charge is 0.264 e. The molecule has 0 radical (unpaired) electrons. The summed E-state index contributed by atoms with van der Waals surface area (Å²) in [5.74, 6) is 0.173. The van der Waals surface area contributed by atoms with Crippen LogP contribution in [-0.4, -0.2) is 43.6 Å². The van der Waals surface area contributed by atoms with Crippen molar-refractivity contribution < 1.29 is 9.53 Å². The molecule has 4 heterocycles. The molecule has 6 heteroatoms. The van der Waals surface area contributed by atoms with Gasteiger partial charge in [-0.05, 0) is 61.5 Å². The van der Waals surface area contributed by atoms with Gasteiger partial charge in [0.1, 0.15) is 5.60 Å². The van der Waals surface area contributed by atoms with Crippen molar-refractivity contribution in [2.75, 3.05) is 32.8 Å². The topological polar surface area (TPSA) is 41.6 Å². The van der Waals surface area contributed by atoms with Crippen LogP contribution >= 0.6 is 23.7 Å². The second-order valence-electron chi connectivity index (χ2n) is 7.90. The van der Waals surface area contributed by atoms with E-state index in [-0.39, 0.29) is 23.9 Å². The van der Waals surface area contributed by atoms with Gasteiger partial charge in [-0.1, -0.05) is 36.4 Å². The number of piperidine rings is 1. The highest BCUT2D eigenvalue weighted by molar-refractivity contribution is 7.14. The van der Waals surface area contributed by atoms with E-state index in [0.29, 0.717) is 6.54 Å². The highest BCUT2D eigenvalue weighted by Crippen LogP contribution is 2.44. The summed E-state index contributed by atoms with van der Waals surface area (Å²) in [5.41, 5.74) is 3.78. The molecule has 1 aromatic heterocycles. The van der Waals surface area contributed by atoms with Gasteiger partial charge in [0, 0.05) is 18.0 Å². The Morgan fingerprint density at radius 1 is 1.14 bits per heavy atom. The molecule has 1 N–H and O–H groups in total. The maximum Gasteiger partial charge on any atom is 0.264 e. The van der Waals surface area contributed by atoms with Crippen LogP contribution in [0.3, 0.4) is 0 Å². The van der Waals surface area contributed by atoms with Crippen molar-refractivity contribution in [3.05, 3.63) is 63.4 Å². The average Bonchev–Trinajstić information content (AvgIpc) is 3.21. The number of halogens is 1. The Labute approximate surface area is 182 Å². The number of carbonyl (C=O) groups excluding carboxylic acids is 1. The summed E-state index contributed by atoms with van der Waals surface area (Å²) in [4.78, 5) is 17.4. The van der Waals surface area contributed by atoms with Gasteiger partial charge in [0.25, 0.3) is 5.91 Å². The van der Waals surface area contributed by atoms with Gasteiger partial charge in [-0.25, -0.2) is 0 Å². The first-order valence-electron chi connectivity index (χ1n) is 10.3. The molecule has 1 fully saturated rings. The van der Waals surface area contributed by atoms with E-state index >= 15 is 0 Å². The van der Waals surface area contributed by atoms with E-state index in [1.165, 1.54) is 21.6 Å². The van der Waals surface area contributed by atoms with Gasteiger partial charge in [0.05, 0.1) is 11.5 Å². The third-order valence-electron chi connectivity index (χ3n) is 6.24. The van der Waals surface area contributed by atoms with Gasteiger partial charge < -0.3 is 15.0 Å². The molecule has 4 nitrogen and oxygen atoms in total. The van der Waals surface area contributed by atoms with E-state index in [1.807, 2.05) is 11.0 Å². The van der Waals surface area contributed by atoms with Crippen LogP contribution in [0.2, 0.25) is 0 Å². The zero-order valence-corrected chi connectivity index (χ0v) is 18.1. The molecule has 5 rings (SSSR count). The van der Waals surface area contributed by atoms with Crippen molar-refractivity contribution in [1.82, 2.24) is 10.2 Å². The number of thiophene rings is 1. The SMILES string of the molecule is Cl.O=C(c1cc2c(s1)C1(CCNCC1)OCC2)N1CC=C(c2ccccc2)CC1. The van der Waals surface area contributed by atoms with Crippen molar-refractivity contribution in [1.29, 1.82) is 0 Å². The molecule has 1 aromatic carbocycles. The van der Waals surface area contributed by atoms with E-state index in [4.69, 9.17) is 4.74 Å². The number of nitrogens with zero attached hydrogens (tertiary/aromatic N) is 1. The highest BCUT2D eigenvalue weighted by Gasteiger charge is 2.41. The summed E-state index contributed by atoms with van der Waals surface area (Å²) in [6.45, 7) is 4.22. The number of ether oxygens (including phenoxy) is 1. The first-order valence-corrected chi connectivity index (χ1v) is 11.1. The summed E-state index contributed by atoms with van der Waals surface area (Å²) in [6, 6.07) is 12.6. The molecule has 0 aliphatic carbocycles. The normalized spacial score (nSPS) is 20.6. The summed E-state index contributed by atoms with van der Waals surface area (Å²) >= 11 is 1.67. The van der Waals surface area contributed by atoms with Crippen molar-refractivity contribution in [3.63, 3.8) is 0 Å². The molecule has 0 bridgehead atoms. The standard InChI is InChI=1S/C23H26N2O2S.ClH/c26-22(25-13-6-18(7-14-25)17-4-2-1-3-5-17)20-16-19-8-15-27-23(21(19)28-20)9-11-24-12-10-23;/h1-6,16,24H,7-15H2;1H. The maximum absolute atomic E-state index is 13.2. The Hall–Kier alpha value is -1.66. The highest BCUT2D eigenvalue weighted by atomic mass is 35.5. The molecule has 1 amide bonds. The molecule has 1 spiro atoms. The van der Waals surface area contributed by atoms with Gasteiger partial charge in [-0.2, -0.15) is 0 Å². The Morgan fingerprint density at radius 3 is 2.66 bits per heavy atom. The van der Waals surface area contributed by atoms with Crippen molar-refractivity contribution in [2.24, 2.45) is 0 Å². The summed E-state index contributed by atoms with van der Waals surface area (Å²) in [7, 11) is 0. The van der Waals surface area contributed by atoms with E-state index < -0.39 is 0 Å². The van der Waals surface area contributed by atoms with Crippen LogP contribution in [0.15, 0.2) is 42.5 Å². The fourth-order valence-corrected chi connectivity index (χ4v) is 6.03. The molecule has 2 aromatic rings. The lowest BCUT2D eigenvalue weighted by Gasteiger charge is -2.40. The molecule has 29 heavy (non-hydrogen) atoms. The fraction of sp³-hybridized carbons (Fsp3) is 0.435. The first-order chi connectivity index (χ1) is 13.8. The third kappa shape index (κ3) is 3.89. The average molecular weight is 431 g/mol. The Morgan fingerprint density at radius 2 is 1.93 bits per heavy atom. The molecule has 154 valence electrons. The summed E-state index contributed by atoms with van der Waals surface area (Å²) in [5, 5.41) is 3.43. The number of hydrogen-bond donors (Lipinski definition) is 1. The quantitative estimate of drug-likeness (QED) is 0.774. The molecule has 1 saturated heterocycles. The minimum Gasteiger partial charge on any atom is -0.369 e. The first kappa shape index (κ1) is 20.6. The van der Waals surface area contributed by atoms with Crippen LogP contribution < -0.4 is 5.32 Å². The summed E-state index contributed by atoms with van der Waals surface area (Å²) < 4.78 is 6.27. The number of hydrogen-bond acceptors (Lipinski definition) is 4. The van der Waals surface area contributed by atoms with Gasteiger partial charge in [0.15, 0.2) is 0 Å². The second kappa shape index (κ2) is 8.60. The lowest BCUT2D eigenvalue weighted by atomic mass is 9.86. The Balaban J connectivity index is 0.00000205. The molecular formula is C23H27ClN2O2S. The van der Waals surface area contributed by atoms with Crippen molar-refractivity contribution >= 4 is 35.2 Å². The van der Waals surface area contributed by atoms with E-state index in [9.17, 15) is 4.79 Å². The largest absolute Gasteiger partial charge is 0.369 e. The monoisotopic (exact) mass is 430 g/mol. The Kier molecular flexibility index (Phi) is 6.11. The molecule has 0 saturated carbocycles. The van der Waals surface area contributed by atoms with Gasteiger partial charge in [-0.15, -0.1) is 23.7 Å². The summed E-state index contributed by atoms with van der Waals surface area (Å²) in [6.07, 6.45) is 6.05. The number of benzene rings is 1. The second-order valence-corrected chi connectivity index (χ2v) is 8.96. The lowest BCUT2D eigenvalue weighted by molar-refractivity contribution is -0.0771. The van der Waals surface area contributed by atoms with E-state index in [1.54, 1.807) is 11.3 Å². The van der Waals surface area contributed by atoms with E-state index in [0.717, 1.165) is 56.8 Å². The molecule has 0 atom stereocenters. The van der Waals surface area contributed by atoms with Crippen LogP contribution in [0.25, 0.3) is 5.57 Å². The number of carbonyl (C=O) groups is 1. The molecule has 3 aliphatic rings. The van der Waals surface area contributed by atoms with Crippen LogP contribution in [-0.2, 0) is 16.8 Å². The fourth-order valence-electron chi connectivity index (χ4n) is 4.65.